The summed E-state index contributed by atoms with van der Waals surface area (Å²) in [5.74, 6) is -1.08. The lowest BCUT2D eigenvalue weighted by molar-refractivity contribution is -0.137. The van der Waals surface area contributed by atoms with Crippen LogP contribution in [-0.4, -0.2) is 29.0 Å². The van der Waals surface area contributed by atoms with Gasteiger partial charge in [0, 0.05) is 6.20 Å². The van der Waals surface area contributed by atoms with Crippen molar-refractivity contribution in [1.29, 1.82) is 0 Å². The van der Waals surface area contributed by atoms with Gasteiger partial charge in [-0.1, -0.05) is 16.8 Å². The Labute approximate surface area is 104 Å². The molecule has 0 fully saturated rings. The summed E-state index contributed by atoms with van der Waals surface area (Å²) in [7, 11) is 1.01. The smallest absolute Gasteiger partial charge is 0.417 e. The highest BCUT2D eigenvalue weighted by Crippen LogP contribution is 2.31. The molecule has 18 heavy (non-hydrogen) atoms. The maximum Gasteiger partial charge on any atom is 0.417 e. The normalized spacial score (nSPS) is 12.4. The van der Waals surface area contributed by atoms with Crippen molar-refractivity contribution >= 4 is 23.3 Å². The molecule has 0 amide bonds. The van der Waals surface area contributed by atoms with Crippen molar-refractivity contribution < 1.29 is 27.9 Å². The monoisotopic (exact) mass is 282 g/mol. The molecule has 0 bridgehead atoms. The van der Waals surface area contributed by atoms with Crippen LogP contribution in [0.15, 0.2) is 17.4 Å². The molecular formula is C9H6ClF3N2O3. The minimum absolute atomic E-state index is 0.404. The molecule has 1 aromatic heterocycles. The predicted octanol–water partition coefficient (Wildman–Crippen LogP) is 2.11. The summed E-state index contributed by atoms with van der Waals surface area (Å²) in [6.07, 6.45) is -4.15. The standard InChI is InChI=1S/C9H6ClF3N2O3/c1-18-8(16)7(15-17)6-5(10)2-4(3-14-6)9(11,12)13/h2-3,17H,1H3/b15-7-. The lowest BCUT2D eigenvalue weighted by Gasteiger charge is -2.08. The summed E-state index contributed by atoms with van der Waals surface area (Å²) in [6, 6.07) is 0.567. The first-order chi connectivity index (χ1) is 8.31. The Kier molecular flexibility index (Phi) is 4.12. The summed E-state index contributed by atoms with van der Waals surface area (Å²) < 4.78 is 41.3. The van der Waals surface area contributed by atoms with Gasteiger partial charge >= 0.3 is 12.1 Å². The third kappa shape index (κ3) is 2.89. The van der Waals surface area contributed by atoms with Gasteiger partial charge in [0.25, 0.3) is 0 Å². The number of nitrogens with zero attached hydrogens (tertiary/aromatic N) is 2. The van der Waals surface area contributed by atoms with Gasteiger partial charge in [-0.15, -0.1) is 0 Å². The van der Waals surface area contributed by atoms with Gasteiger partial charge in [0.05, 0.1) is 17.7 Å². The van der Waals surface area contributed by atoms with E-state index in [2.05, 4.69) is 14.9 Å². The van der Waals surface area contributed by atoms with Crippen LogP contribution in [0.1, 0.15) is 11.3 Å². The second-order valence-corrected chi connectivity index (χ2v) is 3.40. The number of carbonyl (C=O) groups excluding carboxylic acids is 1. The number of hydrogen-bond donors (Lipinski definition) is 1. The molecule has 0 atom stereocenters. The number of carbonyl (C=O) groups is 1. The van der Waals surface area contributed by atoms with Crippen LogP contribution in [0.4, 0.5) is 13.2 Å². The van der Waals surface area contributed by atoms with Crippen LogP contribution in [0.5, 0.6) is 0 Å². The third-order valence-corrected chi connectivity index (χ3v) is 2.16. The lowest BCUT2D eigenvalue weighted by atomic mass is 10.2. The average molecular weight is 283 g/mol. The van der Waals surface area contributed by atoms with Crippen LogP contribution in [-0.2, 0) is 15.7 Å². The summed E-state index contributed by atoms with van der Waals surface area (Å²) in [4.78, 5) is 14.5. The fourth-order valence-corrected chi connectivity index (χ4v) is 1.30. The molecular weight excluding hydrogens is 277 g/mol. The molecule has 98 valence electrons. The zero-order valence-electron chi connectivity index (χ0n) is 8.82. The Morgan fingerprint density at radius 2 is 2.17 bits per heavy atom. The second-order valence-electron chi connectivity index (χ2n) is 2.99. The molecule has 1 heterocycles. The number of rotatable bonds is 2. The van der Waals surface area contributed by atoms with Crippen molar-refractivity contribution in [2.75, 3.05) is 7.11 Å². The van der Waals surface area contributed by atoms with Gasteiger partial charge in [-0.25, -0.2) is 4.79 Å². The van der Waals surface area contributed by atoms with E-state index in [0.29, 0.717) is 12.3 Å². The third-order valence-electron chi connectivity index (χ3n) is 1.87. The van der Waals surface area contributed by atoms with E-state index in [-0.39, 0.29) is 0 Å². The molecule has 1 aromatic rings. The molecule has 0 unspecified atom stereocenters. The predicted molar refractivity (Wildman–Crippen MR) is 54.6 cm³/mol. The van der Waals surface area contributed by atoms with Crippen molar-refractivity contribution in [3.05, 3.63) is 28.5 Å². The second kappa shape index (κ2) is 5.21. The number of oxime groups is 1. The zero-order chi connectivity index (χ0) is 13.9. The highest BCUT2D eigenvalue weighted by Gasteiger charge is 2.32. The molecule has 0 aromatic carbocycles. The number of halogens is 4. The first-order valence-corrected chi connectivity index (χ1v) is 4.72. The average Bonchev–Trinajstić information content (AvgIpc) is 2.30. The van der Waals surface area contributed by atoms with Gasteiger partial charge in [0.1, 0.15) is 5.69 Å². The highest BCUT2D eigenvalue weighted by molar-refractivity contribution is 6.46. The van der Waals surface area contributed by atoms with Crippen LogP contribution in [0.2, 0.25) is 5.02 Å². The van der Waals surface area contributed by atoms with Crippen molar-refractivity contribution in [3.63, 3.8) is 0 Å². The quantitative estimate of drug-likeness (QED) is 0.390. The fourth-order valence-electron chi connectivity index (χ4n) is 1.05. The molecule has 0 saturated carbocycles. The van der Waals surface area contributed by atoms with Gasteiger partial charge < -0.3 is 9.94 Å². The maximum atomic E-state index is 12.3. The van der Waals surface area contributed by atoms with E-state index in [9.17, 15) is 18.0 Å². The summed E-state index contributed by atoms with van der Waals surface area (Å²) in [6.45, 7) is 0. The fraction of sp³-hybridized carbons (Fsp3) is 0.222. The van der Waals surface area contributed by atoms with Crippen molar-refractivity contribution in [3.8, 4) is 0 Å². The number of ether oxygens (including phenoxy) is 1. The molecule has 0 radical (unpaired) electrons. The van der Waals surface area contributed by atoms with Crippen LogP contribution in [0, 0.1) is 0 Å². The molecule has 9 heteroatoms. The van der Waals surface area contributed by atoms with Crippen LogP contribution in [0.25, 0.3) is 0 Å². The molecule has 5 nitrogen and oxygen atoms in total. The minimum atomic E-state index is -4.61. The molecule has 1 N–H and O–H groups in total. The number of alkyl halides is 3. The van der Waals surface area contributed by atoms with Gasteiger partial charge in [-0.3, -0.25) is 4.98 Å². The van der Waals surface area contributed by atoms with E-state index in [1.54, 1.807) is 0 Å². The number of aromatic nitrogens is 1. The number of pyridine rings is 1. The first-order valence-electron chi connectivity index (χ1n) is 4.34. The summed E-state index contributed by atoms with van der Waals surface area (Å²) >= 11 is 5.55. The van der Waals surface area contributed by atoms with Crippen LogP contribution in [0.3, 0.4) is 0 Å². The number of esters is 1. The Morgan fingerprint density at radius 1 is 1.56 bits per heavy atom. The van der Waals surface area contributed by atoms with Crippen molar-refractivity contribution in [1.82, 2.24) is 4.98 Å². The number of hydrogen-bond acceptors (Lipinski definition) is 5. The Balaban J connectivity index is 3.25. The van der Waals surface area contributed by atoms with Gasteiger partial charge in [0.15, 0.2) is 0 Å². The van der Waals surface area contributed by atoms with E-state index in [1.165, 1.54) is 0 Å². The minimum Gasteiger partial charge on any atom is -0.464 e. The molecule has 0 aliphatic carbocycles. The highest BCUT2D eigenvalue weighted by atomic mass is 35.5. The molecule has 0 spiro atoms. The topological polar surface area (TPSA) is 71.8 Å². The molecule has 0 saturated heterocycles. The Bertz CT molecular complexity index is 502. The van der Waals surface area contributed by atoms with E-state index < -0.39 is 34.1 Å². The zero-order valence-corrected chi connectivity index (χ0v) is 9.58. The van der Waals surface area contributed by atoms with E-state index in [4.69, 9.17) is 16.8 Å². The molecule has 0 aliphatic heterocycles. The lowest BCUT2D eigenvalue weighted by Crippen LogP contribution is -2.19. The Morgan fingerprint density at radius 3 is 2.56 bits per heavy atom. The summed E-state index contributed by atoms with van der Waals surface area (Å²) in [5.41, 5.74) is -2.17. The molecule has 1 rings (SSSR count). The van der Waals surface area contributed by atoms with E-state index in [1.807, 2.05) is 0 Å². The van der Waals surface area contributed by atoms with Crippen LogP contribution < -0.4 is 0 Å². The van der Waals surface area contributed by atoms with Gasteiger partial charge in [-0.2, -0.15) is 13.2 Å². The summed E-state index contributed by atoms with van der Waals surface area (Å²) in [5, 5.41) is 10.7. The molecule has 0 aliphatic rings. The van der Waals surface area contributed by atoms with E-state index >= 15 is 0 Å². The van der Waals surface area contributed by atoms with E-state index in [0.717, 1.165) is 7.11 Å². The van der Waals surface area contributed by atoms with Gasteiger partial charge in [-0.05, 0) is 6.07 Å². The van der Waals surface area contributed by atoms with Crippen LogP contribution >= 0.6 is 11.6 Å². The van der Waals surface area contributed by atoms with Gasteiger partial charge in [0.2, 0.25) is 5.71 Å². The Hall–Kier alpha value is -1.83. The number of methoxy groups -OCH3 is 1. The van der Waals surface area contributed by atoms with Crippen molar-refractivity contribution in [2.24, 2.45) is 5.16 Å². The largest absolute Gasteiger partial charge is 0.464 e. The first kappa shape index (κ1) is 14.2. The SMILES string of the molecule is COC(=O)/C(=N\O)c1ncc(C(F)(F)F)cc1Cl. The van der Waals surface area contributed by atoms with Crippen molar-refractivity contribution in [2.45, 2.75) is 6.18 Å². The maximum absolute atomic E-state index is 12.3.